The summed E-state index contributed by atoms with van der Waals surface area (Å²) >= 11 is 0. The monoisotopic (exact) mass is 264 g/mol. The van der Waals surface area contributed by atoms with Crippen LogP contribution in [0.5, 0.6) is 0 Å². The van der Waals surface area contributed by atoms with E-state index < -0.39 is 5.41 Å². The van der Waals surface area contributed by atoms with E-state index in [0.717, 1.165) is 22.8 Å². The van der Waals surface area contributed by atoms with Crippen LogP contribution in [0, 0.1) is 16.7 Å². The van der Waals surface area contributed by atoms with E-state index in [1.54, 1.807) is 0 Å². The molecule has 100 valence electrons. The van der Waals surface area contributed by atoms with Gasteiger partial charge >= 0.3 is 0 Å². The second kappa shape index (κ2) is 4.97. The highest BCUT2D eigenvalue weighted by molar-refractivity contribution is 5.88. The van der Waals surface area contributed by atoms with Crippen LogP contribution in [0.4, 0.5) is 0 Å². The molecule has 20 heavy (non-hydrogen) atoms. The summed E-state index contributed by atoms with van der Waals surface area (Å²) in [4.78, 5) is 12.2. The molecule has 0 aromatic heterocycles. The lowest BCUT2D eigenvalue weighted by atomic mass is 9.69. The lowest BCUT2D eigenvalue weighted by Gasteiger charge is -2.33. The van der Waals surface area contributed by atoms with Gasteiger partial charge in [0.1, 0.15) is 5.41 Å². The molecule has 1 amide bonds. The zero-order chi connectivity index (χ0) is 14.0. The van der Waals surface area contributed by atoms with Crippen molar-refractivity contribution in [3.63, 3.8) is 0 Å². The molecule has 1 aliphatic rings. The smallest absolute Gasteiger partial charge is 0.240 e. The second-order valence-corrected chi connectivity index (χ2v) is 5.37. The van der Waals surface area contributed by atoms with Crippen LogP contribution >= 0.6 is 0 Å². The molecule has 0 heterocycles. The van der Waals surface area contributed by atoms with Crippen LogP contribution in [0.3, 0.4) is 0 Å². The van der Waals surface area contributed by atoms with E-state index >= 15 is 0 Å². The first-order valence-corrected chi connectivity index (χ1v) is 6.91. The van der Waals surface area contributed by atoms with Gasteiger partial charge in [0.2, 0.25) is 5.91 Å². The van der Waals surface area contributed by atoms with Gasteiger partial charge in [-0.3, -0.25) is 4.79 Å². The Hall–Kier alpha value is -2.34. The average molecular weight is 264 g/mol. The number of carbonyl (C=O) groups is 1. The minimum absolute atomic E-state index is 0.126. The van der Waals surface area contributed by atoms with Gasteiger partial charge < -0.3 is 5.32 Å². The van der Waals surface area contributed by atoms with E-state index in [2.05, 4.69) is 29.6 Å². The molecule has 0 aliphatic heterocycles. The average Bonchev–Trinajstić information content (AvgIpc) is 2.44. The van der Waals surface area contributed by atoms with Gasteiger partial charge in [-0.25, -0.2) is 0 Å². The summed E-state index contributed by atoms with van der Waals surface area (Å²) in [6.45, 7) is 0.476. The second-order valence-electron chi connectivity index (χ2n) is 5.37. The number of hydrogen-bond donors (Lipinski definition) is 1. The molecule has 1 N–H and O–H groups in total. The Balaban J connectivity index is 1.78. The lowest BCUT2D eigenvalue weighted by Crippen LogP contribution is -2.44. The standard InChI is InChI=1S/C17H16N2O/c18-12-17(9-4-10-17)16(20)19-11-14-7-3-6-13-5-1-2-8-15(13)14/h1-3,5-8H,4,9-11H2,(H,19,20). The van der Waals surface area contributed by atoms with Crippen molar-refractivity contribution in [2.45, 2.75) is 25.8 Å². The zero-order valence-electron chi connectivity index (χ0n) is 11.2. The van der Waals surface area contributed by atoms with Crippen molar-refractivity contribution in [3.8, 4) is 6.07 Å². The van der Waals surface area contributed by atoms with Crippen molar-refractivity contribution >= 4 is 16.7 Å². The fourth-order valence-electron chi connectivity index (χ4n) is 2.71. The number of nitrogens with zero attached hydrogens (tertiary/aromatic N) is 1. The Kier molecular flexibility index (Phi) is 3.15. The van der Waals surface area contributed by atoms with Gasteiger partial charge in [-0.15, -0.1) is 0 Å². The number of fused-ring (bicyclic) bond motifs is 1. The molecule has 3 nitrogen and oxygen atoms in total. The minimum atomic E-state index is -0.773. The zero-order valence-corrected chi connectivity index (χ0v) is 11.2. The first-order chi connectivity index (χ1) is 9.75. The van der Waals surface area contributed by atoms with Crippen molar-refractivity contribution in [1.82, 2.24) is 5.32 Å². The van der Waals surface area contributed by atoms with Crippen LogP contribution in [-0.4, -0.2) is 5.91 Å². The Morgan fingerprint density at radius 3 is 2.65 bits per heavy atom. The minimum Gasteiger partial charge on any atom is -0.351 e. The highest BCUT2D eigenvalue weighted by Gasteiger charge is 2.44. The molecule has 3 rings (SSSR count). The first-order valence-electron chi connectivity index (χ1n) is 6.91. The molecule has 1 fully saturated rings. The van der Waals surface area contributed by atoms with Gasteiger partial charge in [0.05, 0.1) is 6.07 Å². The molecule has 0 saturated heterocycles. The van der Waals surface area contributed by atoms with Crippen LogP contribution in [0.1, 0.15) is 24.8 Å². The molecule has 3 heteroatoms. The summed E-state index contributed by atoms with van der Waals surface area (Å²) in [5, 5.41) is 14.4. The van der Waals surface area contributed by atoms with Crippen LogP contribution in [0.15, 0.2) is 42.5 Å². The van der Waals surface area contributed by atoms with Crippen LogP contribution in [0.25, 0.3) is 10.8 Å². The number of nitrogens with one attached hydrogen (secondary N) is 1. The maximum atomic E-state index is 12.2. The predicted molar refractivity (Wildman–Crippen MR) is 77.7 cm³/mol. The maximum Gasteiger partial charge on any atom is 0.240 e. The fraction of sp³-hybridized carbons (Fsp3) is 0.294. The Labute approximate surface area is 118 Å². The molecular weight excluding hydrogens is 248 g/mol. The van der Waals surface area contributed by atoms with E-state index in [1.807, 2.05) is 24.3 Å². The number of hydrogen-bond acceptors (Lipinski definition) is 2. The summed E-state index contributed by atoms with van der Waals surface area (Å²) < 4.78 is 0. The summed E-state index contributed by atoms with van der Waals surface area (Å²) in [6, 6.07) is 16.4. The normalized spacial score (nSPS) is 16.1. The van der Waals surface area contributed by atoms with Crippen LogP contribution in [0.2, 0.25) is 0 Å². The van der Waals surface area contributed by atoms with Crippen LogP contribution in [-0.2, 0) is 11.3 Å². The number of nitriles is 1. The summed E-state index contributed by atoms with van der Waals surface area (Å²) in [5.41, 5.74) is 0.314. The van der Waals surface area contributed by atoms with E-state index in [9.17, 15) is 4.79 Å². The van der Waals surface area contributed by atoms with Crippen molar-refractivity contribution < 1.29 is 4.79 Å². The topological polar surface area (TPSA) is 52.9 Å². The third-order valence-electron chi connectivity index (χ3n) is 4.18. The van der Waals surface area contributed by atoms with Crippen molar-refractivity contribution in [3.05, 3.63) is 48.0 Å². The Morgan fingerprint density at radius 2 is 1.95 bits per heavy atom. The summed E-state index contributed by atoms with van der Waals surface area (Å²) in [7, 11) is 0. The lowest BCUT2D eigenvalue weighted by molar-refractivity contribution is -0.131. The van der Waals surface area contributed by atoms with E-state index in [4.69, 9.17) is 5.26 Å². The Morgan fingerprint density at radius 1 is 1.20 bits per heavy atom. The molecule has 2 aromatic carbocycles. The summed E-state index contributed by atoms with van der Waals surface area (Å²) in [5.74, 6) is -0.126. The number of benzene rings is 2. The molecular formula is C17H16N2O. The van der Waals surface area contributed by atoms with E-state index in [-0.39, 0.29) is 5.91 Å². The highest BCUT2D eigenvalue weighted by Crippen LogP contribution is 2.40. The summed E-state index contributed by atoms with van der Waals surface area (Å²) in [6.07, 6.45) is 2.34. The highest BCUT2D eigenvalue weighted by atomic mass is 16.2. The predicted octanol–water partition coefficient (Wildman–Crippen LogP) is 3.15. The first kappa shape index (κ1) is 12.7. The van der Waals surface area contributed by atoms with Crippen molar-refractivity contribution in [2.24, 2.45) is 5.41 Å². The molecule has 0 radical (unpaired) electrons. The molecule has 0 bridgehead atoms. The number of amides is 1. The molecule has 0 spiro atoms. The quantitative estimate of drug-likeness (QED) is 0.925. The third-order valence-corrected chi connectivity index (χ3v) is 4.18. The maximum absolute atomic E-state index is 12.2. The molecule has 1 saturated carbocycles. The third kappa shape index (κ3) is 2.04. The van der Waals surface area contributed by atoms with Crippen LogP contribution < -0.4 is 5.32 Å². The van der Waals surface area contributed by atoms with Gasteiger partial charge in [0.15, 0.2) is 0 Å². The van der Waals surface area contributed by atoms with Crippen molar-refractivity contribution in [2.75, 3.05) is 0 Å². The van der Waals surface area contributed by atoms with Gasteiger partial charge in [-0.1, -0.05) is 42.5 Å². The van der Waals surface area contributed by atoms with E-state index in [0.29, 0.717) is 19.4 Å². The van der Waals surface area contributed by atoms with Gasteiger partial charge in [0.25, 0.3) is 0 Å². The molecule has 0 unspecified atom stereocenters. The van der Waals surface area contributed by atoms with E-state index in [1.165, 1.54) is 0 Å². The fourth-order valence-corrected chi connectivity index (χ4v) is 2.71. The molecule has 2 aromatic rings. The van der Waals surface area contributed by atoms with Crippen molar-refractivity contribution in [1.29, 1.82) is 5.26 Å². The van der Waals surface area contributed by atoms with Gasteiger partial charge in [0, 0.05) is 6.54 Å². The number of rotatable bonds is 3. The Bertz CT molecular complexity index is 690. The van der Waals surface area contributed by atoms with Gasteiger partial charge in [-0.2, -0.15) is 5.26 Å². The SMILES string of the molecule is N#CC1(C(=O)NCc2cccc3ccccc23)CCC1. The molecule has 0 atom stereocenters. The largest absolute Gasteiger partial charge is 0.351 e. The van der Waals surface area contributed by atoms with Gasteiger partial charge in [-0.05, 0) is 35.6 Å². The molecule has 1 aliphatic carbocycles. The number of carbonyl (C=O) groups excluding carboxylic acids is 1.